The van der Waals surface area contributed by atoms with Crippen molar-refractivity contribution in [1.82, 2.24) is 20.2 Å². The molecule has 0 spiro atoms. The molecule has 4 rings (SSSR count). The lowest BCUT2D eigenvalue weighted by atomic mass is 9.99. The van der Waals surface area contributed by atoms with Gasteiger partial charge in [0, 0.05) is 21.7 Å². The molecule has 1 amide bonds. The molecule has 0 aliphatic carbocycles. The fraction of sp³-hybridized carbons (Fsp3) is 0.0952. The normalized spacial score (nSPS) is 11.6. The Bertz CT molecular complexity index is 1300. The molecule has 3 heterocycles. The first-order valence-electron chi connectivity index (χ1n) is 9.16. The molecule has 0 bridgehead atoms. The van der Waals surface area contributed by atoms with Gasteiger partial charge in [-0.3, -0.25) is 10.4 Å². The van der Waals surface area contributed by atoms with E-state index in [2.05, 4.69) is 35.1 Å². The summed E-state index contributed by atoms with van der Waals surface area (Å²) in [4.78, 5) is 24.8. The number of aromatic nitrogens is 4. The topological polar surface area (TPSA) is 117 Å². The number of aliphatic hydroxyl groups excluding tert-OH is 1. The molecule has 0 saturated heterocycles. The minimum absolute atomic E-state index is 0.263. The highest BCUT2D eigenvalue weighted by Gasteiger charge is 2.28. The summed E-state index contributed by atoms with van der Waals surface area (Å²) < 4.78 is 4.61. The molecule has 1 aromatic carbocycles. The largest absolute Gasteiger partial charge is 0.453 e. The zero-order valence-corrected chi connectivity index (χ0v) is 18.1. The number of anilines is 1. The van der Waals surface area contributed by atoms with E-state index in [9.17, 15) is 9.90 Å². The highest BCUT2D eigenvalue weighted by atomic mass is 35.5. The first-order valence-corrected chi connectivity index (χ1v) is 10.4. The van der Waals surface area contributed by atoms with Crippen molar-refractivity contribution in [1.29, 1.82) is 0 Å². The third-order valence-electron chi connectivity index (χ3n) is 4.56. The van der Waals surface area contributed by atoms with E-state index in [1.54, 1.807) is 36.4 Å². The van der Waals surface area contributed by atoms with Crippen molar-refractivity contribution >= 4 is 40.5 Å². The lowest BCUT2D eigenvalue weighted by Crippen LogP contribution is -2.11. The Morgan fingerprint density at radius 1 is 1.28 bits per heavy atom. The van der Waals surface area contributed by atoms with Crippen LogP contribution in [0.3, 0.4) is 0 Å². The number of carbonyl (C=O) groups is 1. The Balaban J connectivity index is 1.88. The van der Waals surface area contributed by atoms with Gasteiger partial charge in [0.2, 0.25) is 5.69 Å². The zero-order chi connectivity index (χ0) is 22.7. The number of rotatable bonds is 5. The van der Waals surface area contributed by atoms with E-state index in [1.807, 2.05) is 0 Å². The summed E-state index contributed by atoms with van der Waals surface area (Å²) in [6.45, 7) is 7.85. The number of nitrogens with zero attached hydrogens (tertiary/aromatic N) is 4. The number of aromatic amines is 1. The average Bonchev–Trinajstić information content (AvgIpc) is 3.47. The van der Waals surface area contributed by atoms with Gasteiger partial charge in [-0.2, -0.15) is 5.10 Å². The molecule has 0 aliphatic rings. The number of benzene rings is 1. The second-order valence-corrected chi connectivity index (χ2v) is 7.93. The minimum Gasteiger partial charge on any atom is -0.453 e. The molecule has 4 aromatic rings. The Labute approximate surface area is 191 Å². The molecule has 32 heavy (non-hydrogen) atoms. The SMILES string of the molecule is [C-]#[N+]c1c(-c2ccnc(NC(=O)OC)c2)sc(-c2ncn[nH]2)c1C(O)c1ccc(Cl)cc1. The van der Waals surface area contributed by atoms with Crippen molar-refractivity contribution in [2.75, 3.05) is 12.4 Å². The van der Waals surface area contributed by atoms with Gasteiger partial charge < -0.3 is 9.84 Å². The van der Waals surface area contributed by atoms with Crippen LogP contribution < -0.4 is 5.32 Å². The summed E-state index contributed by atoms with van der Waals surface area (Å²) in [7, 11) is 1.25. The maximum atomic E-state index is 11.6. The quantitative estimate of drug-likeness (QED) is 0.354. The zero-order valence-electron chi connectivity index (χ0n) is 16.5. The number of carbonyl (C=O) groups excluding carboxylic acids is 1. The summed E-state index contributed by atoms with van der Waals surface area (Å²) in [5.41, 5.74) is 1.88. The number of thiophene rings is 1. The highest BCUT2D eigenvalue weighted by molar-refractivity contribution is 7.19. The standard InChI is InChI=1S/C21H15ClN6O3S/c1-23-16-15(17(29)11-3-5-13(22)6-4-11)19(20-25-10-26-28-20)32-18(16)12-7-8-24-14(9-12)27-21(30)31-2/h3-10,17,29H,2H3,(H,24,27,30)(H,25,26,28). The van der Waals surface area contributed by atoms with E-state index in [0.29, 0.717) is 37.3 Å². The summed E-state index contributed by atoms with van der Waals surface area (Å²) in [5.74, 6) is 0.691. The summed E-state index contributed by atoms with van der Waals surface area (Å²) in [6, 6.07) is 10.1. The number of halogens is 1. The molecular weight excluding hydrogens is 452 g/mol. The Morgan fingerprint density at radius 2 is 2.06 bits per heavy atom. The van der Waals surface area contributed by atoms with E-state index in [0.717, 1.165) is 0 Å². The molecular formula is C21H15ClN6O3S. The van der Waals surface area contributed by atoms with Gasteiger partial charge in [-0.1, -0.05) is 23.7 Å². The van der Waals surface area contributed by atoms with Crippen LogP contribution in [0.1, 0.15) is 17.2 Å². The van der Waals surface area contributed by atoms with E-state index < -0.39 is 12.2 Å². The number of pyridine rings is 1. The van der Waals surface area contributed by atoms with Crippen molar-refractivity contribution in [3.05, 3.63) is 76.5 Å². The third kappa shape index (κ3) is 4.17. The number of aliphatic hydroxyl groups is 1. The minimum atomic E-state index is -1.10. The van der Waals surface area contributed by atoms with Gasteiger partial charge in [-0.05, 0) is 35.4 Å². The predicted octanol–water partition coefficient (Wildman–Crippen LogP) is 5.06. The van der Waals surface area contributed by atoms with Crippen LogP contribution in [0.5, 0.6) is 0 Å². The van der Waals surface area contributed by atoms with Crippen LogP contribution in [0.15, 0.2) is 48.9 Å². The highest BCUT2D eigenvalue weighted by Crippen LogP contribution is 2.50. The molecule has 1 atom stereocenters. The van der Waals surface area contributed by atoms with E-state index in [1.165, 1.54) is 31.0 Å². The lowest BCUT2D eigenvalue weighted by molar-refractivity contribution is 0.187. The van der Waals surface area contributed by atoms with Crippen molar-refractivity contribution < 1.29 is 14.6 Å². The van der Waals surface area contributed by atoms with Crippen molar-refractivity contribution in [2.24, 2.45) is 0 Å². The molecule has 0 fully saturated rings. The summed E-state index contributed by atoms with van der Waals surface area (Å²) >= 11 is 7.26. The maximum absolute atomic E-state index is 11.6. The van der Waals surface area contributed by atoms with E-state index >= 15 is 0 Å². The Morgan fingerprint density at radius 3 is 2.72 bits per heavy atom. The molecule has 9 nitrogen and oxygen atoms in total. The van der Waals surface area contributed by atoms with E-state index in [-0.39, 0.29) is 11.5 Å². The van der Waals surface area contributed by atoms with Crippen molar-refractivity contribution in [2.45, 2.75) is 6.10 Å². The fourth-order valence-corrected chi connectivity index (χ4v) is 4.43. The third-order valence-corrected chi connectivity index (χ3v) is 6.06. The van der Waals surface area contributed by atoms with Crippen LogP contribution in [-0.4, -0.2) is 38.5 Å². The second kappa shape index (κ2) is 9.15. The van der Waals surface area contributed by atoms with Gasteiger partial charge in [0.1, 0.15) is 12.1 Å². The first-order chi connectivity index (χ1) is 15.5. The van der Waals surface area contributed by atoms with Crippen LogP contribution in [0, 0.1) is 6.57 Å². The number of nitrogens with one attached hydrogen (secondary N) is 2. The van der Waals surface area contributed by atoms with Gasteiger partial charge in [0.05, 0.1) is 24.7 Å². The number of hydrogen-bond acceptors (Lipinski definition) is 7. The number of methoxy groups -OCH3 is 1. The number of H-pyrrole nitrogens is 1. The van der Waals surface area contributed by atoms with Crippen LogP contribution in [0.2, 0.25) is 5.02 Å². The van der Waals surface area contributed by atoms with Crippen LogP contribution >= 0.6 is 22.9 Å². The number of hydrogen-bond donors (Lipinski definition) is 3. The van der Waals surface area contributed by atoms with Gasteiger partial charge in [-0.25, -0.2) is 19.6 Å². The first kappa shape index (κ1) is 21.5. The van der Waals surface area contributed by atoms with Gasteiger partial charge >= 0.3 is 6.09 Å². The number of ether oxygens (including phenoxy) is 1. The summed E-state index contributed by atoms with van der Waals surface area (Å²) in [5, 5.41) is 21.0. The van der Waals surface area contributed by atoms with Crippen LogP contribution in [-0.2, 0) is 4.74 Å². The van der Waals surface area contributed by atoms with E-state index in [4.69, 9.17) is 18.2 Å². The molecule has 11 heteroatoms. The average molecular weight is 467 g/mol. The van der Waals surface area contributed by atoms with Gasteiger partial charge in [0.25, 0.3) is 0 Å². The lowest BCUT2D eigenvalue weighted by Gasteiger charge is -2.13. The maximum Gasteiger partial charge on any atom is 0.412 e. The van der Waals surface area contributed by atoms with Crippen molar-refractivity contribution in [3.8, 4) is 21.1 Å². The fourth-order valence-electron chi connectivity index (χ4n) is 3.09. The Kier molecular flexibility index (Phi) is 6.13. The van der Waals surface area contributed by atoms with Crippen molar-refractivity contribution in [3.63, 3.8) is 0 Å². The molecule has 0 saturated carbocycles. The number of amides is 1. The van der Waals surface area contributed by atoms with Gasteiger partial charge in [-0.15, -0.1) is 11.3 Å². The molecule has 3 N–H and O–H groups in total. The molecule has 0 aliphatic heterocycles. The van der Waals surface area contributed by atoms with Crippen LogP contribution in [0.25, 0.3) is 26.0 Å². The monoisotopic (exact) mass is 466 g/mol. The molecule has 0 radical (unpaired) electrons. The predicted molar refractivity (Wildman–Crippen MR) is 121 cm³/mol. The molecule has 3 aromatic heterocycles. The van der Waals surface area contributed by atoms with Gasteiger partial charge in [0.15, 0.2) is 5.82 Å². The van der Waals surface area contributed by atoms with Crippen LogP contribution in [0.4, 0.5) is 16.3 Å². The second-order valence-electron chi connectivity index (χ2n) is 6.47. The Hall–Kier alpha value is -3.78. The molecule has 1 unspecified atom stereocenters. The summed E-state index contributed by atoms with van der Waals surface area (Å²) in [6.07, 6.45) is 1.11. The smallest absolute Gasteiger partial charge is 0.412 e. The molecule has 160 valence electrons.